The van der Waals surface area contributed by atoms with E-state index in [0.717, 1.165) is 27.2 Å². The highest BCUT2D eigenvalue weighted by Crippen LogP contribution is 2.29. The number of benzene rings is 1. The van der Waals surface area contributed by atoms with Crippen molar-refractivity contribution in [2.45, 2.75) is 18.9 Å². The summed E-state index contributed by atoms with van der Waals surface area (Å²) in [5.41, 5.74) is 3.01. The molecule has 0 unspecified atom stereocenters. The quantitative estimate of drug-likeness (QED) is 0.671. The largest absolute Gasteiger partial charge is 0.497 e. The number of aryl methyl sites for hydroxylation is 2. The second kappa shape index (κ2) is 7.72. The minimum absolute atomic E-state index is 0.157. The molecular formula is C18H16N4O2S2. The van der Waals surface area contributed by atoms with Gasteiger partial charge in [-0.2, -0.15) is 5.26 Å². The van der Waals surface area contributed by atoms with Crippen LogP contribution in [0.4, 0.5) is 5.13 Å². The van der Waals surface area contributed by atoms with Gasteiger partial charge in [-0.25, -0.2) is 9.97 Å². The van der Waals surface area contributed by atoms with E-state index in [0.29, 0.717) is 15.7 Å². The third-order valence-corrected chi connectivity index (χ3v) is 5.51. The Labute approximate surface area is 159 Å². The van der Waals surface area contributed by atoms with Gasteiger partial charge in [0.05, 0.1) is 28.6 Å². The Bertz CT molecular complexity index is 1020. The Morgan fingerprint density at radius 2 is 2.15 bits per heavy atom. The fourth-order valence-electron chi connectivity index (χ4n) is 2.42. The number of thioether (sulfide) groups is 1. The maximum atomic E-state index is 12.3. The molecule has 1 N–H and O–H groups in total. The van der Waals surface area contributed by atoms with Gasteiger partial charge in [0.2, 0.25) is 5.91 Å². The van der Waals surface area contributed by atoms with E-state index in [1.165, 1.54) is 23.1 Å². The highest BCUT2D eigenvalue weighted by molar-refractivity contribution is 8.00. The number of aromatic nitrogens is 2. The van der Waals surface area contributed by atoms with Crippen LogP contribution in [0.1, 0.15) is 16.8 Å². The minimum Gasteiger partial charge on any atom is -0.497 e. The lowest BCUT2D eigenvalue weighted by molar-refractivity contribution is -0.113. The molecule has 26 heavy (non-hydrogen) atoms. The van der Waals surface area contributed by atoms with Crippen molar-refractivity contribution in [2.75, 3.05) is 18.2 Å². The summed E-state index contributed by atoms with van der Waals surface area (Å²) in [5, 5.41) is 13.2. The van der Waals surface area contributed by atoms with E-state index in [2.05, 4.69) is 21.4 Å². The fourth-order valence-corrected chi connectivity index (χ4v) is 4.23. The predicted octanol–water partition coefficient (Wildman–Crippen LogP) is 3.92. The first-order valence-electron chi connectivity index (χ1n) is 7.75. The molecule has 1 aromatic carbocycles. The van der Waals surface area contributed by atoms with E-state index in [9.17, 15) is 10.1 Å². The average molecular weight is 384 g/mol. The summed E-state index contributed by atoms with van der Waals surface area (Å²) < 4.78 is 6.14. The molecule has 0 saturated carbocycles. The molecular weight excluding hydrogens is 368 g/mol. The Morgan fingerprint density at radius 1 is 1.35 bits per heavy atom. The third kappa shape index (κ3) is 3.95. The summed E-state index contributed by atoms with van der Waals surface area (Å²) in [6, 6.07) is 9.59. The van der Waals surface area contributed by atoms with Crippen LogP contribution in [-0.4, -0.2) is 28.7 Å². The maximum absolute atomic E-state index is 12.3. The van der Waals surface area contributed by atoms with Crippen LogP contribution in [0.15, 0.2) is 29.3 Å². The number of ether oxygens (including phenoxy) is 1. The Kier molecular flexibility index (Phi) is 5.40. The van der Waals surface area contributed by atoms with Crippen LogP contribution in [0, 0.1) is 25.2 Å². The van der Waals surface area contributed by atoms with Gasteiger partial charge in [0.25, 0.3) is 0 Å². The number of nitrogens with one attached hydrogen (secondary N) is 1. The molecule has 0 bridgehead atoms. The number of hydrogen-bond acceptors (Lipinski definition) is 7. The highest BCUT2D eigenvalue weighted by Gasteiger charge is 2.13. The Hall–Kier alpha value is -2.63. The van der Waals surface area contributed by atoms with Crippen LogP contribution in [0.3, 0.4) is 0 Å². The van der Waals surface area contributed by atoms with Gasteiger partial charge >= 0.3 is 0 Å². The molecule has 0 aliphatic carbocycles. The lowest BCUT2D eigenvalue weighted by atomic mass is 10.1. The smallest absolute Gasteiger partial charge is 0.236 e. The summed E-state index contributed by atoms with van der Waals surface area (Å²) in [5.74, 6) is 0.717. The molecule has 0 aliphatic rings. The summed E-state index contributed by atoms with van der Waals surface area (Å²) in [4.78, 5) is 21.0. The number of carbonyl (C=O) groups is 1. The first-order chi connectivity index (χ1) is 12.5. The van der Waals surface area contributed by atoms with Crippen molar-refractivity contribution in [2.24, 2.45) is 0 Å². The molecule has 2 aromatic heterocycles. The van der Waals surface area contributed by atoms with E-state index >= 15 is 0 Å². The number of anilines is 1. The van der Waals surface area contributed by atoms with Gasteiger partial charge in [-0.3, -0.25) is 4.79 Å². The minimum atomic E-state index is -0.189. The molecule has 1 amide bonds. The zero-order chi connectivity index (χ0) is 18.7. The van der Waals surface area contributed by atoms with Crippen LogP contribution in [0.25, 0.3) is 10.2 Å². The van der Waals surface area contributed by atoms with Gasteiger partial charge in [0.15, 0.2) is 5.13 Å². The first kappa shape index (κ1) is 18.2. The van der Waals surface area contributed by atoms with Crippen molar-refractivity contribution in [3.05, 3.63) is 41.1 Å². The second-order valence-corrected chi connectivity index (χ2v) is 7.56. The van der Waals surface area contributed by atoms with Gasteiger partial charge < -0.3 is 10.1 Å². The van der Waals surface area contributed by atoms with E-state index in [1.54, 1.807) is 7.11 Å². The first-order valence-corrected chi connectivity index (χ1v) is 9.56. The SMILES string of the molecule is COc1ccc2nc(NC(=O)CSc3nc(C)cc(C)c3C#N)sc2c1. The number of nitriles is 1. The van der Waals surface area contributed by atoms with Crippen LogP contribution in [0.2, 0.25) is 0 Å². The molecule has 2 heterocycles. The number of nitrogens with zero attached hydrogens (tertiary/aromatic N) is 3. The van der Waals surface area contributed by atoms with Gasteiger partial charge in [-0.15, -0.1) is 0 Å². The predicted molar refractivity (Wildman–Crippen MR) is 104 cm³/mol. The number of pyridine rings is 1. The van der Waals surface area contributed by atoms with Gasteiger partial charge in [-0.05, 0) is 43.7 Å². The van der Waals surface area contributed by atoms with E-state index in [4.69, 9.17) is 4.74 Å². The normalized spacial score (nSPS) is 10.5. The van der Waals surface area contributed by atoms with Crippen molar-refractivity contribution in [3.63, 3.8) is 0 Å². The number of thiazole rings is 1. The fraction of sp³-hybridized carbons (Fsp3) is 0.222. The zero-order valence-electron chi connectivity index (χ0n) is 14.5. The van der Waals surface area contributed by atoms with Crippen molar-refractivity contribution in [1.29, 1.82) is 5.26 Å². The third-order valence-electron chi connectivity index (χ3n) is 3.61. The second-order valence-electron chi connectivity index (χ2n) is 5.56. The molecule has 0 fully saturated rings. The van der Waals surface area contributed by atoms with Gasteiger partial charge in [-0.1, -0.05) is 23.1 Å². The van der Waals surface area contributed by atoms with Crippen molar-refractivity contribution < 1.29 is 9.53 Å². The number of fused-ring (bicyclic) bond motifs is 1. The van der Waals surface area contributed by atoms with Crippen LogP contribution in [0.5, 0.6) is 5.75 Å². The standard InChI is InChI=1S/C18H16N4O2S2/c1-10-6-11(2)20-17(13(10)8-19)25-9-16(23)22-18-21-14-5-4-12(24-3)7-15(14)26-18/h4-7H,9H2,1-3H3,(H,21,22,23). The molecule has 0 atom stereocenters. The van der Waals surface area contributed by atoms with Crippen molar-refractivity contribution in [3.8, 4) is 11.8 Å². The zero-order valence-corrected chi connectivity index (χ0v) is 16.1. The highest BCUT2D eigenvalue weighted by atomic mass is 32.2. The number of methoxy groups -OCH3 is 1. The molecule has 6 nitrogen and oxygen atoms in total. The van der Waals surface area contributed by atoms with Crippen LogP contribution in [-0.2, 0) is 4.79 Å². The van der Waals surface area contributed by atoms with E-state index < -0.39 is 0 Å². The lowest BCUT2D eigenvalue weighted by Gasteiger charge is -2.07. The molecule has 0 saturated heterocycles. The van der Waals surface area contributed by atoms with Crippen LogP contribution < -0.4 is 10.1 Å². The molecule has 0 aliphatic heterocycles. The molecule has 8 heteroatoms. The summed E-state index contributed by atoms with van der Waals surface area (Å²) in [7, 11) is 1.61. The molecule has 3 rings (SSSR count). The topological polar surface area (TPSA) is 87.9 Å². The Balaban J connectivity index is 1.69. The summed E-state index contributed by atoms with van der Waals surface area (Å²) >= 11 is 2.64. The van der Waals surface area contributed by atoms with E-state index in [1.807, 2.05) is 38.1 Å². The van der Waals surface area contributed by atoms with E-state index in [-0.39, 0.29) is 11.7 Å². The summed E-state index contributed by atoms with van der Waals surface area (Å²) in [6.45, 7) is 3.74. The van der Waals surface area contributed by atoms with Crippen molar-refractivity contribution >= 4 is 44.4 Å². The van der Waals surface area contributed by atoms with Crippen LogP contribution >= 0.6 is 23.1 Å². The van der Waals surface area contributed by atoms with Gasteiger partial charge in [0.1, 0.15) is 16.8 Å². The molecule has 0 radical (unpaired) electrons. The molecule has 3 aromatic rings. The summed E-state index contributed by atoms with van der Waals surface area (Å²) in [6.07, 6.45) is 0. The lowest BCUT2D eigenvalue weighted by Crippen LogP contribution is -2.14. The number of amides is 1. The number of hydrogen-bond donors (Lipinski definition) is 1. The van der Waals surface area contributed by atoms with Gasteiger partial charge in [0, 0.05) is 5.69 Å². The molecule has 0 spiro atoms. The number of rotatable bonds is 5. The molecule has 132 valence electrons. The maximum Gasteiger partial charge on any atom is 0.236 e. The average Bonchev–Trinajstić information content (AvgIpc) is 3.00. The monoisotopic (exact) mass is 384 g/mol. The Morgan fingerprint density at radius 3 is 2.88 bits per heavy atom. The number of carbonyl (C=O) groups excluding carboxylic acids is 1. The van der Waals surface area contributed by atoms with Crippen molar-refractivity contribution in [1.82, 2.24) is 9.97 Å².